The third kappa shape index (κ3) is 3.06. The van der Waals surface area contributed by atoms with Crippen molar-refractivity contribution in [1.82, 2.24) is 0 Å². The minimum absolute atomic E-state index is 0.311. The maximum Gasteiger partial charge on any atom is 0.371 e. The fraction of sp³-hybridized carbons (Fsp3) is 0.857. The van der Waals surface area contributed by atoms with Crippen LogP contribution in [0.5, 0.6) is 0 Å². The van der Waals surface area contributed by atoms with E-state index in [1.54, 1.807) is 0 Å². The van der Waals surface area contributed by atoms with Gasteiger partial charge in [0.05, 0.1) is 0 Å². The van der Waals surface area contributed by atoms with Crippen LogP contribution in [0.1, 0.15) is 32.6 Å². The van der Waals surface area contributed by atoms with E-state index in [9.17, 15) is 13.2 Å². The van der Waals surface area contributed by atoms with E-state index >= 15 is 0 Å². The monoisotopic (exact) mass is 326 g/mol. The van der Waals surface area contributed by atoms with Crippen LogP contribution in [0, 0.1) is 5.92 Å². The summed E-state index contributed by atoms with van der Waals surface area (Å²) in [5.74, 6) is -2.20. The predicted molar refractivity (Wildman–Crippen MR) is 77.1 cm³/mol. The SMILES string of the molecule is CCCC1(OC)C(C(F)C(F)=CF)CCC[Si]1(OC)OC. The van der Waals surface area contributed by atoms with Crippen molar-refractivity contribution in [1.29, 1.82) is 0 Å². The largest absolute Gasteiger partial charge is 0.396 e. The molecule has 0 aliphatic carbocycles. The van der Waals surface area contributed by atoms with Crippen LogP contribution in [0.4, 0.5) is 13.2 Å². The van der Waals surface area contributed by atoms with Crippen LogP contribution in [0.15, 0.2) is 12.2 Å². The lowest BCUT2D eigenvalue weighted by Gasteiger charge is -2.52. The maximum absolute atomic E-state index is 14.5. The Morgan fingerprint density at radius 2 is 2.00 bits per heavy atom. The summed E-state index contributed by atoms with van der Waals surface area (Å²) in [5.41, 5.74) is 0. The first-order chi connectivity index (χ1) is 9.98. The highest BCUT2D eigenvalue weighted by Gasteiger charge is 2.65. The summed E-state index contributed by atoms with van der Waals surface area (Å²) in [6, 6.07) is 0.651. The summed E-state index contributed by atoms with van der Waals surface area (Å²) in [7, 11) is 1.62. The molecule has 1 rings (SSSR count). The lowest BCUT2D eigenvalue weighted by molar-refractivity contribution is -0.0741. The van der Waals surface area contributed by atoms with Crippen molar-refractivity contribution in [3.8, 4) is 0 Å². The molecule has 0 aromatic rings. The highest BCUT2D eigenvalue weighted by molar-refractivity contribution is 6.70. The Bertz CT molecular complexity index is 363. The summed E-state index contributed by atoms with van der Waals surface area (Å²) < 4.78 is 57.4. The number of rotatable bonds is 7. The molecule has 3 atom stereocenters. The van der Waals surface area contributed by atoms with Crippen LogP contribution in [0.3, 0.4) is 0 Å². The van der Waals surface area contributed by atoms with E-state index in [0.29, 0.717) is 31.7 Å². The van der Waals surface area contributed by atoms with Crippen LogP contribution < -0.4 is 0 Å². The van der Waals surface area contributed by atoms with E-state index in [1.165, 1.54) is 21.3 Å². The first-order valence-electron chi connectivity index (χ1n) is 7.23. The first-order valence-corrected chi connectivity index (χ1v) is 9.26. The third-order valence-corrected chi connectivity index (χ3v) is 9.08. The van der Waals surface area contributed by atoms with Crippen molar-refractivity contribution >= 4 is 8.56 Å². The molecule has 21 heavy (non-hydrogen) atoms. The van der Waals surface area contributed by atoms with Crippen LogP contribution in [-0.4, -0.2) is 41.3 Å². The van der Waals surface area contributed by atoms with Crippen molar-refractivity contribution < 1.29 is 26.8 Å². The van der Waals surface area contributed by atoms with Crippen LogP contribution in [-0.2, 0) is 13.6 Å². The van der Waals surface area contributed by atoms with Crippen molar-refractivity contribution in [2.75, 3.05) is 21.3 Å². The van der Waals surface area contributed by atoms with Crippen molar-refractivity contribution in [2.24, 2.45) is 5.92 Å². The summed E-state index contributed by atoms with van der Waals surface area (Å²) in [6.07, 6.45) is -0.0970. The molecule has 3 nitrogen and oxygen atoms in total. The topological polar surface area (TPSA) is 27.7 Å². The molecular formula is C14H25F3O3Si. The van der Waals surface area contributed by atoms with E-state index in [0.717, 1.165) is 0 Å². The molecule has 124 valence electrons. The minimum Gasteiger partial charge on any atom is -0.396 e. The number of hydrogen-bond donors (Lipinski definition) is 0. The van der Waals surface area contributed by atoms with Gasteiger partial charge in [-0.3, -0.25) is 0 Å². The highest BCUT2D eigenvalue weighted by atomic mass is 28.4. The van der Waals surface area contributed by atoms with Gasteiger partial charge in [-0.05, 0) is 18.9 Å². The van der Waals surface area contributed by atoms with Crippen LogP contribution >= 0.6 is 0 Å². The second-order valence-corrected chi connectivity index (χ2v) is 9.07. The maximum atomic E-state index is 14.5. The van der Waals surface area contributed by atoms with Gasteiger partial charge in [-0.25, -0.2) is 13.2 Å². The van der Waals surface area contributed by atoms with Gasteiger partial charge in [0.1, 0.15) is 11.6 Å². The predicted octanol–water partition coefficient (Wildman–Crippen LogP) is 3.97. The molecule has 7 heteroatoms. The Hall–Kier alpha value is -0.373. The molecule has 1 fully saturated rings. The van der Waals surface area contributed by atoms with Gasteiger partial charge >= 0.3 is 8.56 Å². The van der Waals surface area contributed by atoms with E-state index in [-0.39, 0.29) is 6.33 Å². The van der Waals surface area contributed by atoms with E-state index in [2.05, 4.69) is 0 Å². The van der Waals surface area contributed by atoms with Crippen molar-refractivity contribution in [3.05, 3.63) is 12.2 Å². The molecule has 1 aliphatic rings. The quantitative estimate of drug-likeness (QED) is 0.663. The molecule has 0 saturated carbocycles. The molecule has 0 aromatic heterocycles. The van der Waals surface area contributed by atoms with Gasteiger partial charge in [0.25, 0.3) is 0 Å². The summed E-state index contributed by atoms with van der Waals surface area (Å²) in [6.45, 7) is 1.94. The van der Waals surface area contributed by atoms with Crippen LogP contribution in [0.2, 0.25) is 6.04 Å². The zero-order valence-corrected chi connectivity index (χ0v) is 14.1. The van der Waals surface area contributed by atoms with Gasteiger partial charge in [0.2, 0.25) is 0 Å². The Morgan fingerprint density at radius 1 is 1.38 bits per heavy atom. The van der Waals surface area contributed by atoms with E-state index in [4.69, 9.17) is 13.6 Å². The standard InChI is InChI=1S/C14H25F3O3Si/c1-5-8-14(18-2)11(13(17)12(16)10-15)7-6-9-21(14,19-3)20-4/h10-11,13H,5-9H2,1-4H3. The van der Waals surface area contributed by atoms with Crippen molar-refractivity contribution in [2.45, 2.75) is 50.0 Å². The molecule has 0 amide bonds. The molecular weight excluding hydrogens is 301 g/mol. The Morgan fingerprint density at radius 3 is 2.43 bits per heavy atom. The second-order valence-electron chi connectivity index (χ2n) is 5.40. The lowest BCUT2D eigenvalue weighted by Crippen LogP contribution is -2.70. The van der Waals surface area contributed by atoms with Gasteiger partial charge in [-0.15, -0.1) is 0 Å². The molecule has 0 bridgehead atoms. The Kier molecular flexibility index (Phi) is 6.90. The fourth-order valence-electron chi connectivity index (χ4n) is 3.71. The molecule has 0 spiro atoms. The smallest absolute Gasteiger partial charge is 0.371 e. The molecule has 0 radical (unpaired) electrons. The van der Waals surface area contributed by atoms with E-state index < -0.39 is 31.7 Å². The molecule has 0 N–H and O–H groups in total. The van der Waals surface area contributed by atoms with Gasteiger partial charge in [0.15, 0.2) is 12.0 Å². The highest BCUT2D eigenvalue weighted by Crippen LogP contribution is 2.49. The summed E-state index contributed by atoms with van der Waals surface area (Å²) in [4.78, 5) is 0. The normalized spacial score (nSPS) is 31.2. The molecule has 1 heterocycles. The zero-order valence-electron chi connectivity index (χ0n) is 13.1. The van der Waals surface area contributed by atoms with Gasteiger partial charge in [0, 0.05) is 27.2 Å². The average Bonchev–Trinajstić information content (AvgIpc) is 2.53. The number of ether oxygens (including phenoxy) is 1. The van der Waals surface area contributed by atoms with Gasteiger partial charge in [-0.1, -0.05) is 19.8 Å². The average molecular weight is 326 g/mol. The zero-order chi connectivity index (χ0) is 16.1. The summed E-state index contributed by atoms with van der Waals surface area (Å²) >= 11 is 0. The molecule has 1 saturated heterocycles. The van der Waals surface area contributed by atoms with Gasteiger partial charge < -0.3 is 13.6 Å². The van der Waals surface area contributed by atoms with Crippen LogP contribution in [0.25, 0.3) is 0 Å². The second kappa shape index (κ2) is 7.76. The number of alkyl halides is 1. The summed E-state index contributed by atoms with van der Waals surface area (Å²) in [5, 5.41) is -1.02. The molecule has 0 aromatic carbocycles. The fourth-order valence-corrected chi connectivity index (χ4v) is 7.86. The number of methoxy groups -OCH3 is 1. The number of halogens is 3. The minimum atomic E-state index is -2.89. The number of allylic oxidation sites excluding steroid dienone is 1. The third-order valence-electron chi connectivity index (χ3n) is 4.63. The Labute approximate surface area is 125 Å². The number of hydrogen-bond acceptors (Lipinski definition) is 3. The lowest BCUT2D eigenvalue weighted by atomic mass is 9.87. The Balaban J connectivity index is 3.33. The molecule has 1 aliphatic heterocycles. The molecule has 3 unspecified atom stereocenters. The van der Waals surface area contributed by atoms with Gasteiger partial charge in [-0.2, -0.15) is 0 Å². The first kappa shape index (κ1) is 18.7. The van der Waals surface area contributed by atoms with Crippen molar-refractivity contribution in [3.63, 3.8) is 0 Å². The van der Waals surface area contributed by atoms with E-state index in [1.807, 2.05) is 6.92 Å².